The zero-order chi connectivity index (χ0) is 32.6. The summed E-state index contributed by atoms with van der Waals surface area (Å²) < 4.78 is 13.0. The number of benzene rings is 8. The number of rotatable bonds is 1. The third-order valence-electron chi connectivity index (χ3n) is 11.6. The molecule has 0 atom stereocenters. The summed E-state index contributed by atoms with van der Waals surface area (Å²) in [6.07, 6.45) is 0. The largest absolute Gasteiger partial charge is 0.458 e. The molecule has 0 bridgehead atoms. The summed E-state index contributed by atoms with van der Waals surface area (Å²) in [5.74, 6) is 3.54. The van der Waals surface area contributed by atoms with Crippen LogP contribution in [0.15, 0.2) is 164 Å². The molecule has 1 spiro atoms. The van der Waals surface area contributed by atoms with E-state index < -0.39 is 5.41 Å². The van der Waals surface area contributed by atoms with Gasteiger partial charge in [0.1, 0.15) is 23.0 Å². The van der Waals surface area contributed by atoms with Gasteiger partial charge in [0, 0.05) is 5.46 Å². The fraction of sp³-hybridized carbons (Fsp3) is 0.0213. The summed E-state index contributed by atoms with van der Waals surface area (Å²) in [6.45, 7) is 0.0570. The average molecular weight is 635 g/mol. The van der Waals surface area contributed by atoms with E-state index in [0.717, 1.165) is 34.0 Å². The normalized spacial score (nSPS) is 14.4. The van der Waals surface area contributed by atoms with Gasteiger partial charge in [-0.2, -0.15) is 0 Å². The minimum absolute atomic E-state index is 0.0570. The molecular weight excluding hydrogens is 607 g/mol. The number of hydrogen-bond acceptors (Lipinski definition) is 2. The predicted molar refractivity (Wildman–Crippen MR) is 203 cm³/mol. The second kappa shape index (κ2) is 9.43. The molecule has 2 heterocycles. The molecule has 230 valence electrons. The smallest absolute Gasteiger partial charge is 0.260 e. The topological polar surface area (TPSA) is 18.5 Å². The van der Waals surface area contributed by atoms with Crippen LogP contribution < -0.4 is 25.9 Å². The van der Waals surface area contributed by atoms with Gasteiger partial charge >= 0.3 is 0 Å². The molecule has 0 amide bonds. The minimum Gasteiger partial charge on any atom is -0.458 e. The lowest BCUT2D eigenvalue weighted by Gasteiger charge is -2.33. The molecule has 0 radical (unpaired) electrons. The molecule has 0 N–H and O–H groups in total. The predicted octanol–water partition coefficient (Wildman–Crippen LogP) is 9.58. The Kier molecular flexibility index (Phi) is 5.02. The van der Waals surface area contributed by atoms with Crippen LogP contribution in [0.5, 0.6) is 23.0 Å². The van der Waals surface area contributed by atoms with Crippen molar-refractivity contribution in [2.45, 2.75) is 5.41 Å². The molecule has 0 aromatic heterocycles. The highest BCUT2D eigenvalue weighted by Gasteiger charge is 2.52. The highest BCUT2D eigenvalue weighted by molar-refractivity contribution is 6.98. The Bertz CT molecular complexity index is 2750. The van der Waals surface area contributed by atoms with Crippen LogP contribution in [0.1, 0.15) is 22.3 Å². The molecule has 50 heavy (non-hydrogen) atoms. The van der Waals surface area contributed by atoms with E-state index in [4.69, 9.17) is 9.47 Å². The first-order valence-corrected chi connectivity index (χ1v) is 17.4. The molecule has 2 nitrogen and oxygen atoms in total. The van der Waals surface area contributed by atoms with Crippen molar-refractivity contribution in [3.63, 3.8) is 0 Å². The molecule has 8 aromatic rings. The fourth-order valence-electron chi connectivity index (χ4n) is 9.64. The Morgan fingerprint density at radius 2 is 1.04 bits per heavy atom. The molecule has 12 rings (SSSR count). The van der Waals surface area contributed by atoms with Crippen molar-refractivity contribution in [3.05, 3.63) is 186 Å². The van der Waals surface area contributed by atoms with Crippen LogP contribution in [0.4, 0.5) is 0 Å². The van der Waals surface area contributed by atoms with E-state index in [1.54, 1.807) is 0 Å². The third kappa shape index (κ3) is 3.21. The third-order valence-corrected chi connectivity index (χ3v) is 11.6. The van der Waals surface area contributed by atoms with Crippen molar-refractivity contribution < 1.29 is 9.47 Å². The fourth-order valence-corrected chi connectivity index (χ4v) is 9.64. The summed E-state index contributed by atoms with van der Waals surface area (Å²) in [4.78, 5) is 0. The van der Waals surface area contributed by atoms with Gasteiger partial charge in [0.2, 0.25) is 0 Å². The highest BCUT2D eigenvalue weighted by atomic mass is 16.5. The van der Waals surface area contributed by atoms with Gasteiger partial charge in [-0.05, 0) is 108 Å². The Labute approximate surface area is 290 Å². The maximum Gasteiger partial charge on any atom is 0.260 e. The van der Waals surface area contributed by atoms with E-state index >= 15 is 0 Å². The van der Waals surface area contributed by atoms with E-state index in [9.17, 15) is 0 Å². The molecule has 2 aliphatic carbocycles. The van der Waals surface area contributed by atoms with Crippen LogP contribution in [0.2, 0.25) is 0 Å². The van der Waals surface area contributed by atoms with Crippen LogP contribution in [-0.2, 0) is 5.41 Å². The van der Waals surface area contributed by atoms with Gasteiger partial charge in [-0.1, -0.05) is 133 Å². The van der Waals surface area contributed by atoms with Crippen molar-refractivity contribution in [2.24, 2.45) is 0 Å². The molecule has 0 saturated carbocycles. The quantitative estimate of drug-likeness (QED) is 0.168. The summed E-state index contributed by atoms with van der Waals surface area (Å²) >= 11 is 0. The molecule has 8 aromatic carbocycles. The van der Waals surface area contributed by atoms with Crippen LogP contribution in [0.3, 0.4) is 0 Å². The van der Waals surface area contributed by atoms with E-state index in [1.165, 1.54) is 71.8 Å². The summed E-state index contributed by atoms with van der Waals surface area (Å²) in [6, 6.07) is 60.0. The maximum atomic E-state index is 6.70. The van der Waals surface area contributed by atoms with Crippen molar-refractivity contribution in [3.8, 4) is 56.4 Å². The Balaban J connectivity index is 1.10. The van der Waals surface area contributed by atoms with Crippen molar-refractivity contribution >= 4 is 33.9 Å². The first-order chi connectivity index (χ1) is 24.8. The lowest BCUT2D eigenvalue weighted by Crippen LogP contribution is -2.57. The second-order valence-corrected chi connectivity index (χ2v) is 13.9. The molecule has 0 saturated heterocycles. The first-order valence-electron chi connectivity index (χ1n) is 17.4. The van der Waals surface area contributed by atoms with Gasteiger partial charge in [-0.3, -0.25) is 0 Å². The number of ether oxygens (including phenoxy) is 2. The Morgan fingerprint density at radius 1 is 0.400 bits per heavy atom. The lowest BCUT2D eigenvalue weighted by molar-refractivity contribution is 0.464. The molecule has 4 aliphatic rings. The van der Waals surface area contributed by atoms with Crippen molar-refractivity contribution in [1.82, 2.24) is 0 Å². The van der Waals surface area contributed by atoms with Gasteiger partial charge < -0.3 is 9.47 Å². The maximum absolute atomic E-state index is 6.70. The minimum atomic E-state index is -0.413. The molecule has 2 aliphatic heterocycles. The Hall–Kier alpha value is -6.32. The van der Waals surface area contributed by atoms with Gasteiger partial charge in [0.25, 0.3) is 6.71 Å². The highest BCUT2D eigenvalue weighted by Crippen LogP contribution is 2.64. The van der Waals surface area contributed by atoms with Gasteiger partial charge in [0.05, 0.1) is 5.41 Å². The molecule has 3 heteroatoms. The first kappa shape index (κ1) is 26.6. The van der Waals surface area contributed by atoms with Crippen LogP contribution >= 0.6 is 0 Å². The average Bonchev–Trinajstić information content (AvgIpc) is 3.65. The van der Waals surface area contributed by atoms with Crippen molar-refractivity contribution in [1.29, 1.82) is 0 Å². The molecule has 0 fully saturated rings. The standard InChI is InChI=1S/C47H27BO2/c1-2-11-31-28(10-1)21-24-37-45(31)34-23-20-29(26-38(34)47(37)35-14-5-3-12-32(35)33-13-4-6-15-36(33)47)30-22-25-40-44(27-30)50-43-19-9-18-42-46(43)48(40)39-16-7-8-17-41(39)49-42/h1-27H. The van der Waals surface area contributed by atoms with Gasteiger partial charge in [0.15, 0.2) is 0 Å². The SMILES string of the molecule is c1ccc2c(c1)Oc1cccc3c1B2c1ccc(-c2ccc4c(c2)C2(c5ccccc5-c5ccccc52)c2ccc5ccccc5c2-4)cc1O3. The summed E-state index contributed by atoms with van der Waals surface area (Å²) in [5.41, 5.74) is 16.0. The van der Waals surface area contributed by atoms with Gasteiger partial charge in [-0.15, -0.1) is 0 Å². The summed E-state index contributed by atoms with van der Waals surface area (Å²) in [7, 11) is 0. The second-order valence-electron chi connectivity index (χ2n) is 13.9. The van der Waals surface area contributed by atoms with Crippen molar-refractivity contribution in [2.75, 3.05) is 0 Å². The summed E-state index contributed by atoms with van der Waals surface area (Å²) in [5, 5.41) is 2.57. The molecular formula is C47H27BO2. The number of hydrogen-bond donors (Lipinski definition) is 0. The zero-order valence-corrected chi connectivity index (χ0v) is 27.0. The molecule has 0 unspecified atom stereocenters. The van der Waals surface area contributed by atoms with E-state index in [0.29, 0.717) is 0 Å². The van der Waals surface area contributed by atoms with E-state index in [1.807, 2.05) is 18.2 Å². The number of fused-ring (bicyclic) bond motifs is 16. The van der Waals surface area contributed by atoms with Crippen LogP contribution in [-0.4, -0.2) is 6.71 Å². The monoisotopic (exact) mass is 634 g/mol. The lowest BCUT2D eigenvalue weighted by atomic mass is 9.35. The zero-order valence-electron chi connectivity index (χ0n) is 27.0. The van der Waals surface area contributed by atoms with E-state index in [-0.39, 0.29) is 6.71 Å². The van der Waals surface area contributed by atoms with Crippen LogP contribution in [0, 0.1) is 0 Å². The Morgan fingerprint density at radius 3 is 1.88 bits per heavy atom. The van der Waals surface area contributed by atoms with Crippen LogP contribution in [0.25, 0.3) is 44.2 Å². The van der Waals surface area contributed by atoms with E-state index in [2.05, 4.69) is 146 Å². The van der Waals surface area contributed by atoms with Gasteiger partial charge in [-0.25, -0.2) is 0 Å². The number of para-hydroxylation sites is 1.